The van der Waals surface area contributed by atoms with Crippen molar-refractivity contribution in [1.29, 1.82) is 0 Å². The van der Waals surface area contributed by atoms with Crippen molar-refractivity contribution in [2.24, 2.45) is 5.41 Å². The van der Waals surface area contributed by atoms with E-state index in [1.165, 1.54) is 25.7 Å². The van der Waals surface area contributed by atoms with Crippen molar-refractivity contribution in [1.82, 2.24) is 15.5 Å². The van der Waals surface area contributed by atoms with Gasteiger partial charge >= 0.3 is 0 Å². The minimum atomic E-state index is -0.534. The molecule has 1 saturated carbocycles. The van der Waals surface area contributed by atoms with Crippen LogP contribution < -0.4 is 5.32 Å². The number of nitrogens with zero attached hydrogens (tertiary/aromatic N) is 2. The summed E-state index contributed by atoms with van der Waals surface area (Å²) in [4.78, 5) is 16.8. The number of rotatable bonds is 4. The maximum atomic E-state index is 12.6. The van der Waals surface area contributed by atoms with E-state index in [-0.39, 0.29) is 11.3 Å². The SMILES string of the molecule is CC1(CC(=O)NC2(c3ncon3)CCOCC2)CCCCC1. The lowest BCUT2D eigenvalue weighted by Gasteiger charge is -2.38. The van der Waals surface area contributed by atoms with Crippen LogP contribution in [0.2, 0.25) is 0 Å². The molecule has 0 bridgehead atoms. The fourth-order valence-corrected chi connectivity index (χ4v) is 3.79. The van der Waals surface area contributed by atoms with Gasteiger partial charge in [0.25, 0.3) is 0 Å². The molecule has 122 valence electrons. The van der Waals surface area contributed by atoms with Crippen LogP contribution in [0.15, 0.2) is 10.9 Å². The molecule has 1 N–H and O–H groups in total. The first kappa shape index (κ1) is 15.5. The molecule has 0 radical (unpaired) electrons. The third kappa shape index (κ3) is 3.32. The lowest BCUT2D eigenvalue weighted by molar-refractivity contribution is -0.127. The van der Waals surface area contributed by atoms with Gasteiger partial charge in [-0.1, -0.05) is 31.3 Å². The summed E-state index contributed by atoms with van der Waals surface area (Å²) in [6.45, 7) is 3.44. The fraction of sp³-hybridized carbons (Fsp3) is 0.812. The molecule has 1 saturated heterocycles. The number of carbonyl (C=O) groups excluding carboxylic acids is 1. The van der Waals surface area contributed by atoms with E-state index in [9.17, 15) is 4.79 Å². The van der Waals surface area contributed by atoms with Gasteiger partial charge in [-0.25, -0.2) is 0 Å². The first-order valence-corrected chi connectivity index (χ1v) is 8.28. The Morgan fingerprint density at radius 3 is 2.59 bits per heavy atom. The number of aromatic nitrogens is 2. The molecule has 1 amide bonds. The molecule has 0 atom stereocenters. The van der Waals surface area contributed by atoms with Crippen molar-refractivity contribution in [3.63, 3.8) is 0 Å². The average Bonchev–Trinajstić information content (AvgIpc) is 3.03. The normalized spacial score (nSPS) is 23.9. The van der Waals surface area contributed by atoms with Gasteiger partial charge in [0.05, 0.1) is 0 Å². The highest BCUT2D eigenvalue weighted by Gasteiger charge is 2.41. The van der Waals surface area contributed by atoms with Gasteiger partial charge in [-0.3, -0.25) is 4.79 Å². The first-order valence-electron chi connectivity index (χ1n) is 8.28. The van der Waals surface area contributed by atoms with E-state index in [1.807, 2.05) is 0 Å². The molecule has 0 unspecified atom stereocenters. The lowest BCUT2D eigenvalue weighted by atomic mass is 9.73. The van der Waals surface area contributed by atoms with Crippen LogP contribution in [-0.4, -0.2) is 29.3 Å². The predicted molar refractivity (Wildman–Crippen MR) is 80.0 cm³/mol. The van der Waals surface area contributed by atoms with Crippen LogP contribution in [0, 0.1) is 5.41 Å². The monoisotopic (exact) mass is 307 g/mol. The number of hydrogen-bond acceptors (Lipinski definition) is 5. The molecule has 2 fully saturated rings. The molecule has 1 aromatic heterocycles. The minimum Gasteiger partial charge on any atom is -0.381 e. The maximum Gasteiger partial charge on any atom is 0.221 e. The zero-order chi connectivity index (χ0) is 15.5. The predicted octanol–water partition coefficient (Wildman–Crippen LogP) is 2.55. The van der Waals surface area contributed by atoms with Crippen LogP contribution in [-0.2, 0) is 15.1 Å². The molecule has 22 heavy (non-hydrogen) atoms. The van der Waals surface area contributed by atoms with Crippen molar-refractivity contribution in [3.05, 3.63) is 12.2 Å². The maximum absolute atomic E-state index is 12.6. The molecule has 3 rings (SSSR count). The van der Waals surface area contributed by atoms with Crippen LogP contribution in [0.25, 0.3) is 0 Å². The van der Waals surface area contributed by atoms with E-state index in [0.717, 1.165) is 12.8 Å². The summed E-state index contributed by atoms with van der Waals surface area (Å²) in [5.74, 6) is 0.661. The molecule has 6 nitrogen and oxygen atoms in total. The van der Waals surface area contributed by atoms with Crippen LogP contribution in [0.3, 0.4) is 0 Å². The van der Waals surface area contributed by atoms with Crippen molar-refractivity contribution in [2.75, 3.05) is 13.2 Å². The average molecular weight is 307 g/mol. The van der Waals surface area contributed by atoms with E-state index in [2.05, 4.69) is 22.4 Å². The van der Waals surface area contributed by atoms with Crippen LogP contribution >= 0.6 is 0 Å². The van der Waals surface area contributed by atoms with Crippen molar-refractivity contribution in [2.45, 2.75) is 63.8 Å². The minimum absolute atomic E-state index is 0.0936. The second-order valence-corrected chi connectivity index (χ2v) is 7.05. The number of amides is 1. The van der Waals surface area contributed by atoms with E-state index >= 15 is 0 Å². The Kier molecular flexibility index (Phi) is 4.47. The standard InChI is InChI=1S/C16H25N3O3/c1-15(5-3-2-4-6-15)11-13(20)18-16(7-9-21-10-8-16)14-17-12-22-19-14/h12H,2-11H2,1H3,(H,18,20). The number of ether oxygens (including phenoxy) is 1. The molecule has 0 aromatic carbocycles. The summed E-state index contributed by atoms with van der Waals surface area (Å²) in [5, 5.41) is 7.18. The quantitative estimate of drug-likeness (QED) is 0.925. The lowest BCUT2D eigenvalue weighted by Crippen LogP contribution is -2.51. The highest BCUT2D eigenvalue weighted by atomic mass is 16.5. The molecule has 2 aliphatic rings. The van der Waals surface area contributed by atoms with Crippen LogP contribution in [0.1, 0.15) is 64.1 Å². The zero-order valence-electron chi connectivity index (χ0n) is 13.3. The molecular formula is C16H25N3O3. The summed E-state index contributed by atoms with van der Waals surface area (Å²) in [6.07, 6.45) is 9.30. The van der Waals surface area contributed by atoms with Crippen molar-refractivity contribution < 1.29 is 14.1 Å². The molecule has 2 heterocycles. The summed E-state index contributed by atoms with van der Waals surface area (Å²) in [7, 11) is 0. The summed E-state index contributed by atoms with van der Waals surface area (Å²) in [5.41, 5.74) is -0.403. The Balaban J connectivity index is 1.69. The van der Waals surface area contributed by atoms with Crippen LogP contribution in [0.4, 0.5) is 0 Å². The number of hydrogen-bond donors (Lipinski definition) is 1. The second-order valence-electron chi connectivity index (χ2n) is 7.05. The largest absolute Gasteiger partial charge is 0.381 e. The van der Waals surface area contributed by atoms with Crippen LogP contribution in [0.5, 0.6) is 0 Å². The van der Waals surface area contributed by atoms with E-state index in [4.69, 9.17) is 9.26 Å². The van der Waals surface area contributed by atoms with Gasteiger partial charge in [0, 0.05) is 32.5 Å². The molecule has 1 aromatic rings. The van der Waals surface area contributed by atoms with Gasteiger partial charge < -0.3 is 14.6 Å². The highest BCUT2D eigenvalue weighted by Crippen LogP contribution is 2.39. The first-order chi connectivity index (χ1) is 10.6. The fourth-order valence-electron chi connectivity index (χ4n) is 3.79. The molecule has 1 aliphatic heterocycles. The van der Waals surface area contributed by atoms with Gasteiger partial charge in [-0.15, -0.1) is 0 Å². The summed E-state index contributed by atoms with van der Waals surface area (Å²) < 4.78 is 10.3. The van der Waals surface area contributed by atoms with Crippen molar-refractivity contribution in [3.8, 4) is 0 Å². The third-order valence-corrected chi connectivity index (χ3v) is 5.16. The third-order valence-electron chi connectivity index (χ3n) is 5.16. The molecule has 6 heteroatoms. The van der Waals surface area contributed by atoms with Gasteiger partial charge in [0.2, 0.25) is 12.3 Å². The summed E-state index contributed by atoms with van der Waals surface area (Å²) in [6, 6.07) is 0. The molecular weight excluding hydrogens is 282 g/mol. The Bertz CT molecular complexity index is 489. The Labute approximate surface area is 131 Å². The molecule has 1 aliphatic carbocycles. The number of carbonyl (C=O) groups is 1. The smallest absolute Gasteiger partial charge is 0.221 e. The van der Waals surface area contributed by atoms with E-state index in [1.54, 1.807) is 0 Å². The topological polar surface area (TPSA) is 77.3 Å². The summed E-state index contributed by atoms with van der Waals surface area (Å²) >= 11 is 0. The zero-order valence-corrected chi connectivity index (χ0v) is 13.3. The number of nitrogens with one attached hydrogen (secondary N) is 1. The van der Waals surface area contributed by atoms with E-state index in [0.29, 0.717) is 38.3 Å². The highest BCUT2D eigenvalue weighted by molar-refractivity contribution is 5.77. The Morgan fingerprint density at radius 1 is 1.23 bits per heavy atom. The Hall–Kier alpha value is -1.43. The van der Waals surface area contributed by atoms with Gasteiger partial charge in [0.15, 0.2) is 5.82 Å². The Morgan fingerprint density at radius 2 is 1.95 bits per heavy atom. The van der Waals surface area contributed by atoms with Gasteiger partial charge in [-0.2, -0.15) is 4.98 Å². The van der Waals surface area contributed by atoms with Gasteiger partial charge in [0.1, 0.15) is 5.54 Å². The second kappa shape index (κ2) is 6.36. The van der Waals surface area contributed by atoms with Gasteiger partial charge in [-0.05, 0) is 18.3 Å². The molecule has 0 spiro atoms. The van der Waals surface area contributed by atoms with Crippen molar-refractivity contribution >= 4 is 5.91 Å². The van der Waals surface area contributed by atoms with E-state index < -0.39 is 5.54 Å².